The number of rotatable bonds is 22. The molecule has 15 heteroatoms. The molecule has 1 aliphatic rings. The number of nitrogens with two attached hydrogens (primary N) is 1. The second-order valence-electron chi connectivity index (χ2n) is 10.2. The Morgan fingerprint density at radius 3 is 2.34 bits per heavy atom. The van der Waals surface area contributed by atoms with Crippen LogP contribution < -0.4 is 21.6 Å². The highest BCUT2D eigenvalue weighted by Crippen LogP contribution is 2.45. The monoisotopic (exact) mass is 607 g/mol. The molecule has 14 nitrogen and oxygen atoms in total. The van der Waals surface area contributed by atoms with Gasteiger partial charge in [-0.05, 0) is 54.0 Å². The van der Waals surface area contributed by atoms with E-state index >= 15 is 0 Å². The predicted molar refractivity (Wildman–Crippen MR) is 151 cm³/mol. The quantitative estimate of drug-likeness (QED) is 0.144. The third-order valence-corrected chi connectivity index (χ3v) is 7.03. The molecule has 1 aromatic heterocycles. The van der Waals surface area contributed by atoms with Crippen LogP contribution >= 0.6 is 7.82 Å². The van der Waals surface area contributed by atoms with E-state index in [9.17, 15) is 14.3 Å². The zero-order chi connectivity index (χ0) is 30.3. The molecule has 0 aliphatic carbocycles. The molecule has 0 aromatic carbocycles. The van der Waals surface area contributed by atoms with Crippen LogP contribution in [0, 0.1) is 6.92 Å². The van der Waals surface area contributed by atoms with Gasteiger partial charge < -0.3 is 48.7 Å². The van der Waals surface area contributed by atoms with Crippen molar-refractivity contribution in [2.24, 2.45) is 5.73 Å². The van der Waals surface area contributed by atoms with Gasteiger partial charge in [0, 0.05) is 37.9 Å². The van der Waals surface area contributed by atoms with Crippen molar-refractivity contribution in [2.75, 3.05) is 64.7 Å². The molecule has 0 radical (unpaired) electrons. The minimum Gasteiger partial charge on any atom is -0.756 e. The lowest BCUT2D eigenvalue weighted by atomic mass is 10.2. The van der Waals surface area contributed by atoms with E-state index in [-0.39, 0.29) is 19.1 Å². The van der Waals surface area contributed by atoms with Crippen LogP contribution in [-0.2, 0) is 37.3 Å². The number of aromatic nitrogens is 2. The largest absolute Gasteiger partial charge is 0.756 e. The van der Waals surface area contributed by atoms with E-state index in [0.29, 0.717) is 65.0 Å². The summed E-state index contributed by atoms with van der Waals surface area (Å²) in [5.74, 6) is 0.462. The Balaban J connectivity index is 1.83. The van der Waals surface area contributed by atoms with Gasteiger partial charge in [-0.25, -0.2) is 4.79 Å². The van der Waals surface area contributed by atoms with E-state index < -0.39 is 38.1 Å². The summed E-state index contributed by atoms with van der Waals surface area (Å²) >= 11 is 0. The molecule has 2 heterocycles. The van der Waals surface area contributed by atoms with Crippen molar-refractivity contribution >= 4 is 13.6 Å². The van der Waals surface area contributed by atoms with Crippen molar-refractivity contribution in [3.05, 3.63) is 22.2 Å². The first-order valence-electron chi connectivity index (χ1n) is 14.2. The molecule has 1 aromatic rings. The van der Waals surface area contributed by atoms with Gasteiger partial charge in [0.25, 0.3) is 7.82 Å². The average Bonchev–Trinajstić information content (AvgIpc) is 3.27. The van der Waals surface area contributed by atoms with Crippen LogP contribution in [0.2, 0.25) is 0 Å². The number of hydrogen-bond acceptors (Lipinski definition) is 13. The molecule has 0 bridgehead atoms. The minimum absolute atomic E-state index is 0.0964. The molecule has 1 saturated heterocycles. The topological polar surface area (TPSA) is 178 Å². The van der Waals surface area contributed by atoms with Crippen molar-refractivity contribution in [2.45, 2.75) is 84.5 Å². The highest BCUT2D eigenvalue weighted by molar-refractivity contribution is 7.45. The van der Waals surface area contributed by atoms with Crippen molar-refractivity contribution in [3.8, 4) is 0 Å². The molecule has 1 aliphatic heterocycles. The van der Waals surface area contributed by atoms with Crippen molar-refractivity contribution < 1.29 is 42.2 Å². The second kappa shape index (κ2) is 19.0. The lowest BCUT2D eigenvalue weighted by Gasteiger charge is -2.29. The number of phosphoric ester groups is 1. The number of anilines is 1. The maximum atomic E-state index is 12.9. The van der Waals surface area contributed by atoms with Crippen LogP contribution in [0.1, 0.15) is 58.7 Å². The third-order valence-electron chi connectivity index (χ3n) is 5.82. The number of nitrogens with one attached hydrogen (secondary N) is 1. The maximum absolute atomic E-state index is 12.9. The molecule has 3 N–H and O–H groups in total. The van der Waals surface area contributed by atoms with Crippen LogP contribution in [0.25, 0.3) is 0 Å². The van der Waals surface area contributed by atoms with E-state index in [0.717, 1.165) is 12.0 Å². The Hall–Kier alpha value is -1.45. The average molecular weight is 608 g/mol. The summed E-state index contributed by atoms with van der Waals surface area (Å²) in [5.41, 5.74) is 5.60. The molecule has 4 atom stereocenters. The van der Waals surface area contributed by atoms with E-state index in [1.165, 1.54) is 4.57 Å². The van der Waals surface area contributed by atoms with Crippen LogP contribution in [0.4, 0.5) is 5.82 Å². The third kappa shape index (κ3) is 14.0. The fourth-order valence-electron chi connectivity index (χ4n) is 3.93. The van der Waals surface area contributed by atoms with Crippen molar-refractivity contribution in [1.82, 2.24) is 9.55 Å². The molecule has 1 fully saturated rings. The molecule has 2 rings (SSSR count). The highest BCUT2D eigenvalue weighted by atomic mass is 31.2. The zero-order valence-electron chi connectivity index (χ0n) is 25.0. The Kier molecular flexibility index (Phi) is 16.5. The summed E-state index contributed by atoms with van der Waals surface area (Å²) in [6.45, 7) is 13.2. The van der Waals surface area contributed by atoms with Gasteiger partial charge in [0.2, 0.25) is 0 Å². The van der Waals surface area contributed by atoms with Crippen LogP contribution in [0.3, 0.4) is 0 Å². The summed E-state index contributed by atoms with van der Waals surface area (Å²) < 4.78 is 52.0. The van der Waals surface area contributed by atoms with Crippen molar-refractivity contribution in [1.29, 1.82) is 0 Å². The summed E-state index contributed by atoms with van der Waals surface area (Å²) in [4.78, 5) is 29.4. The lowest BCUT2D eigenvalue weighted by Crippen LogP contribution is -2.31. The molecular formula is C26H48N4O10P-. The Morgan fingerprint density at radius 2 is 1.73 bits per heavy atom. The Morgan fingerprint density at radius 1 is 1.10 bits per heavy atom. The number of nitrogens with zero attached hydrogens (tertiary/aromatic N) is 2. The van der Waals surface area contributed by atoms with Gasteiger partial charge in [-0.1, -0.05) is 0 Å². The lowest BCUT2D eigenvalue weighted by molar-refractivity contribution is -0.234. The van der Waals surface area contributed by atoms with Crippen LogP contribution in [-0.4, -0.2) is 93.3 Å². The number of hydrogen-bond donors (Lipinski definition) is 2. The Bertz CT molecular complexity index is 980. The minimum atomic E-state index is -4.59. The van der Waals surface area contributed by atoms with Crippen molar-refractivity contribution in [3.63, 3.8) is 0 Å². The number of ether oxygens (including phenoxy) is 5. The number of aryl methyl sites for hydroxylation is 1. The normalized spacial score (nSPS) is 20.7. The van der Waals surface area contributed by atoms with Gasteiger partial charge in [-0.2, -0.15) is 4.98 Å². The second-order valence-corrected chi connectivity index (χ2v) is 11.5. The maximum Gasteiger partial charge on any atom is 0.351 e. The first kappa shape index (κ1) is 35.7. The SMILES string of the molecule is Cc1cn(C2CC(OP(=O)([O-])OC(C)C)C(COC(C)C)O2)c(=O)nc1NCCCOCCOCCOCCCN. The molecule has 238 valence electrons. The van der Waals surface area contributed by atoms with E-state index in [1.807, 2.05) is 20.8 Å². The molecule has 4 unspecified atom stereocenters. The van der Waals surface area contributed by atoms with E-state index in [4.69, 9.17) is 38.5 Å². The highest BCUT2D eigenvalue weighted by Gasteiger charge is 2.40. The summed E-state index contributed by atoms with van der Waals surface area (Å²) in [5, 5.41) is 3.17. The van der Waals surface area contributed by atoms with Gasteiger partial charge in [-0.15, -0.1) is 0 Å². The van der Waals surface area contributed by atoms with Gasteiger partial charge in [-0.3, -0.25) is 9.13 Å². The Labute approximate surface area is 242 Å². The fraction of sp³-hybridized carbons (Fsp3) is 0.846. The molecule has 0 spiro atoms. The molecule has 0 amide bonds. The standard InChI is InChI=1S/C26H49N4O10P/c1-19(2)37-18-23-22(40-41(32,33)39-20(3)4)16-24(38-23)30-17-21(5)25(29-26(30)31)28-9-7-11-35-13-15-36-14-12-34-10-6-8-27/h17,19-20,22-24H,6-16,18,27H2,1-5H3,(H,32,33)(H,28,29,31)/p-1. The van der Waals surface area contributed by atoms with Gasteiger partial charge in [0.1, 0.15) is 18.1 Å². The summed E-state index contributed by atoms with van der Waals surface area (Å²) in [7, 11) is -4.59. The van der Waals surface area contributed by atoms with Gasteiger partial charge in [0.05, 0.1) is 51.3 Å². The smallest absolute Gasteiger partial charge is 0.351 e. The first-order valence-corrected chi connectivity index (χ1v) is 15.7. The molecule has 41 heavy (non-hydrogen) atoms. The van der Waals surface area contributed by atoms with Crippen LogP contribution in [0.5, 0.6) is 0 Å². The number of phosphoric acid groups is 1. The predicted octanol–water partition coefficient (Wildman–Crippen LogP) is 1.74. The fourth-order valence-corrected chi connectivity index (χ4v) is 5.05. The summed E-state index contributed by atoms with van der Waals surface area (Å²) in [6, 6.07) is 0. The zero-order valence-corrected chi connectivity index (χ0v) is 25.8. The van der Waals surface area contributed by atoms with E-state index in [2.05, 4.69) is 10.3 Å². The summed E-state index contributed by atoms with van der Waals surface area (Å²) in [6.07, 6.45) is 0.250. The first-order chi connectivity index (χ1) is 19.5. The van der Waals surface area contributed by atoms with Crippen LogP contribution in [0.15, 0.2) is 11.0 Å². The molecular weight excluding hydrogens is 559 g/mol. The molecule has 0 saturated carbocycles. The van der Waals surface area contributed by atoms with Gasteiger partial charge >= 0.3 is 5.69 Å². The van der Waals surface area contributed by atoms with E-state index in [1.54, 1.807) is 20.0 Å². The van der Waals surface area contributed by atoms with Gasteiger partial charge in [0.15, 0.2) is 0 Å².